The van der Waals surface area contributed by atoms with Gasteiger partial charge in [-0.2, -0.15) is 0 Å². The van der Waals surface area contributed by atoms with Crippen LogP contribution in [0.3, 0.4) is 0 Å². The van der Waals surface area contributed by atoms with Gasteiger partial charge in [-0.05, 0) is 49.9 Å². The lowest BCUT2D eigenvalue weighted by molar-refractivity contribution is 0.0214. The first kappa shape index (κ1) is 21.1. The lowest BCUT2D eigenvalue weighted by Crippen LogP contribution is -2.21. The molecule has 0 amide bonds. The molecule has 1 aliphatic rings. The number of hydrogen-bond acceptors (Lipinski definition) is 7. The first-order valence-corrected chi connectivity index (χ1v) is 11.1. The first-order chi connectivity index (χ1) is 16.1. The number of fused-ring (bicyclic) bond motifs is 2. The van der Waals surface area contributed by atoms with Gasteiger partial charge in [-0.1, -0.05) is 18.6 Å². The number of carbonyl (C=O) groups is 1. The second-order valence-electron chi connectivity index (χ2n) is 8.18. The van der Waals surface area contributed by atoms with Crippen LogP contribution in [-0.2, 0) is 4.74 Å². The van der Waals surface area contributed by atoms with Crippen LogP contribution in [0.5, 0.6) is 11.5 Å². The van der Waals surface area contributed by atoms with Crippen molar-refractivity contribution in [3.8, 4) is 17.2 Å². The largest absolute Gasteiger partial charge is 0.497 e. The van der Waals surface area contributed by atoms with Crippen LogP contribution < -0.4 is 15.2 Å². The molecule has 2 aromatic carbocycles. The second kappa shape index (κ2) is 8.61. The number of anilines is 1. The maximum Gasteiger partial charge on any atom is 0.344 e. The van der Waals surface area contributed by atoms with Crippen LogP contribution >= 0.6 is 0 Å². The Labute approximate surface area is 191 Å². The van der Waals surface area contributed by atoms with Crippen molar-refractivity contribution in [2.24, 2.45) is 0 Å². The Kier molecular flexibility index (Phi) is 5.50. The molecule has 0 atom stereocenters. The number of hydrogen-bond donors (Lipinski definition) is 1. The summed E-state index contributed by atoms with van der Waals surface area (Å²) >= 11 is 0. The van der Waals surface area contributed by atoms with Crippen LogP contribution in [-0.4, -0.2) is 40.8 Å². The van der Waals surface area contributed by atoms with E-state index in [2.05, 4.69) is 0 Å². The number of esters is 1. The molecule has 0 radical (unpaired) electrons. The Bertz CT molecular complexity index is 1340. The molecule has 170 valence electrons. The number of carbonyl (C=O) groups excluding carboxylic acids is 1. The highest BCUT2D eigenvalue weighted by molar-refractivity contribution is 6.09. The quantitative estimate of drug-likeness (QED) is 0.445. The van der Waals surface area contributed by atoms with Crippen molar-refractivity contribution < 1.29 is 19.0 Å². The molecular weight excluding hydrogens is 420 g/mol. The molecule has 0 bridgehead atoms. The van der Waals surface area contributed by atoms with Gasteiger partial charge < -0.3 is 19.9 Å². The molecule has 2 N–H and O–H groups in total. The summed E-state index contributed by atoms with van der Waals surface area (Å²) in [6.07, 6.45) is 4.90. The zero-order valence-corrected chi connectivity index (χ0v) is 18.7. The third kappa shape index (κ3) is 3.71. The number of nitrogens with two attached hydrogens (primary N) is 1. The fraction of sp³-hybridized carbons (Fsp3) is 0.320. The van der Waals surface area contributed by atoms with Crippen LogP contribution in [0.4, 0.5) is 5.82 Å². The Hall–Kier alpha value is -3.81. The molecule has 1 fully saturated rings. The first-order valence-electron chi connectivity index (χ1n) is 11.1. The van der Waals surface area contributed by atoms with E-state index in [4.69, 9.17) is 29.9 Å². The number of benzene rings is 2. The molecule has 0 spiro atoms. The summed E-state index contributed by atoms with van der Waals surface area (Å²) in [7, 11) is 3.16. The molecule has 0 aliphatic heterocycles. The van der Waals surface area contributed by atoms with Crippen molar-refractivity contribution in [2.45, 2.75) is 38.2 Å². The smallest absolute Gasteiger partial charge is 0.344 e. The summed E-state index contributed by atoms with van der Waals surface area (Å²) in [6.45, 7) is 0. The predicted octanol–water partition coefficient (Wildman–Crippen LogP) is 4.66. The van der Waals surface area contributed by atoms with E-state index in [0.717, 1.165) is 25.7 Å². The maximum atomic E-state index is 13.4. The number of ether oxygens (including phenoxy) is 3. The second-order valence-corrected chi connectivity index (χ2v) is 8.18. The summed E-state index contributed by atoms with van der Waals surface area (Å²) < 4.78 is 18.6. The van der Waals surface area contributed by atoms with Crippen molar-refractivity contribution in [1.82, 2.24) is 14.5 Å². The minimum Gasteiger partial charge on any atom is -0.497 e. The Morgan fingerprint density at radius 2 is 1.73 bits per heavy atom. The summed E-state index contributed by atoms with van der Waals surface area (Å²) in [5, 5.41) is 0. The van der Waals surface area contributed by atoms with Gasteiger partial charge in [0.15, 0.2) is 5.65 Å². The number of aromatic nitrogens is 3. The number of nitrogen functional groups attached to an aromatic ring is 1. The average molecular weight is 447 g/mol. The monoisotopic (exact) mass is 446 g/mol. The van der Waals surface area contributed by atoms with E-state index in [9.17, 15) is 4.79 Å². The molecule has 4 aromatic rings. The van der Waals surface area contributed by atoms with Crippen molar-refractivity contribution in [2.75, 3.05) is 20.0 Å². The third-order valence-electron chi connectivity index (χ3n) is 6.15. The number of rotatable bonds is 5. The van der Waals surface area contributed by atoms with Crippen LogP contribution in [0.1, 0.15) is 42.5 Å². The minimum absolute atomic E-state index is 0.108. The van der Waals surface area contributed by atoms with Crippen LogP contribution in [0.2, 0.25) is 0 Å². The fourth-order valence-electron chi connectivity index (χ4n) is 4.47. The fourth-order valence-corrected chi connectivity index (χ4v) is 4.47. The normalized spacial score (nSPS) is 14.5. The van der Waals surface area contributed by atoms with Gasteiger partial charge in [0.05, 0.1) is 30.9 Å². The molecule has 8 nitrogen and oxygen atoms in total. The van der Waals surface area contributed by atoms with Gasteiger partial charge in [0.2, 0.25) is 0 Å². The van der Waals surface area contributed by atoms with Crippen molar-refractivity contribution in [3.05, 3.63) is 48.0 Å². The maximum absolute atomic E-state index is 13.4. The van der Waals surface area contributed by atoms with Crippen molar-refractivity contribution in [3.63, 3.8) is 0 Å². The zero-order valence-electron chi connectivity index (χ0n) is 18.7. The Morgan fingerprint density at radius 1 is 1.00 bits per heavy atom. The third-order valence-corrected chi connectivity index (χ3v) is 6.15. The summed E-state index contributed by atoms with van der Waals surface area (Å²) in [6, 6.07) is 12.9. The molecule has 1 aliphatic carbocycles. The van der Waals surface area contributed by atoms with Crippen LogP contribution in [0.15, 0.2) is 42.5 Å². The molecule has 5 rings (SSSR count). The highest BCUT2D eigenvalue weighted by Gasteiger charge is 2.29. The van der Waals surface area contributed by atoms with Gasteiger partial charge in [0.1, 0.15) is 34.5 Å². The van der Waals surface area contributed by atoms with Gasteiger partial charge >= 0.3 is 5.97 Å². The standard InChI is InChI=1S/C25H26N4O4/c1-31-16-12-13-20(32-2)19(14-16)29-23(26)21(25(30)33-15-8-4-3-5-9-15)22-24(29)28-18-11-7-6-10-17(18)27-22/h6-7,10-15H,3-5,8-9,26H2,1-2H3. The van der Waals surface area contributed by atoms with E-state index in [0.29, 0.717) is 39.4 Å². The molecule has 0 saturated heterocycles. The van der Waals surface area contributed by atoms with Crippen molar-refractivity contribution >= 4 is 34.0 Å². The number of para-hydroxylation sites is 2. The van der Waals surface area contributed by atoms with E-state index in [1.54, 1.807) is 37.0 Å². The molecular formula is C25H26N4O4. The van der Waals surface area contributed by atoms with Crippen LogP contribution in [0.25, 0.3) is 27.9 Å². The van der Waals surface area contributed by atoms with Gasteiger partial charge in [-0.25, -0.2) is 14.8 Å². The Balaban J connectivity index is 1.75. The summed E-state index contributed by atoms with van der Waals surface area (Å²) in [4.78, 5) is 22.9. The SMILES string of the molecule is COc1ccc(OC)c(-n2c(N)c(C(=O)OC3CCCCC3)c3nc4ccccc4nc32)c1. The molecule has 33 heavy (non-hydrogen) atoms. The zero-order chi connectivity index (χ0) is 22.9. The average Bonchev–Trinajstić information content (AvgIpc) is 3.13. The van der Waals surface area contributed by atoms with Gasteiger partial charge in [0.25, 0.3) is 0 Å². The molecule has 0 unspecified atom stereocenters. The topological polar surface area (TPSA) is 101 Å². The van der Waals surface area contributed by atoms with E-state index < -0.39 is 5.97 Å². The lowest BCUT2D eigenvalue weighted by atomic mass is 9.98. The molecule has 2 aromatic heterocycles. The van der Waals surface area contributed by atoms with Gasteiger partial charge in [0, 0.05) is 6.07 Å². The van der Waals surface area contributed by atoms with E-state index in [-0.39, 0.29) is 17.5 Å². The Morgan fingerprint density at radius 3 is 2.42 bits per heavy atom. The minimum atomic E-state index is -0.477. The lowest BCUT2D eigenvalue weighted by Gasteiger charge is -2.21. The summed E-state index contributed by atoms with van der Waals surface area (Å²) in [5.41, 5.74) is 9.65. The predicted molar refractivity (Wildman–Crippen MR) is 126 cm³/mol. The molecule has 1 saturated carbocycles. The molecule has 8 heteroatoms. The number of nitrogens with zero attached hydrogens (tertiary/aromatic N) is 3. The van der Waals surface area contributed by atoms with E-state index >= 15 is 0 Å². The van der Waals surface area contributed by atoms with Crippen LogP contribution in [0, 0.1) is 0 Å². The van der Waals surface area contributed by atoms with Gasteiger partial charge in [-0.15, -0.1) is 0 Å². The number of methoxy groups -OCH3 is 2. The van der Waals surface area contributed by atoms with E-state index in [1.807, 2.05) is 24.3 Å². The highest BCUT2D eigenvalue weighted by atomic mass is 16.5. The van der Waals surface area contributed by atoms with E-state index in [1.165, 1.54) is 6.42 Å². The molecule has 2 heterocycles. The highest BCUT2D eigenvalue weighted by Crippen LogP contribution is 2.37. The van der Waals surface area contributed by atoms with Gasteiger partial charge in [-0.3, -0.25) is 4.57 Å². The van der Waals surface area contributed by atoms with Crippen molar-refractivity contribution in [1.29, 1.82) is 0 Å². The summed E-state index contributed by atoms with van der Waals surface area (Å²) in [5.74, 6) is 0.899.